The Labute approximate surface area is 90.5 Å². The number of hydrogen-bond donors (Lipinski definition) is 0. The van der Waals surface area contributed by atoms with Crippen LogP contribution in [0.2, 0.25) is 0 Å². The predicted octanol–water partition coefficient (Wildman–Crippen LogP) is 3.03. The van der Waals surface area contributed by atoms with Gasteiger partial charge >= 0.3 is 0 Å². The molecule has 0 amide bonds. The maximum Gasteiger partial charge on any atom is 0.119 e. The van der Waals surface area contributed by atoms with Crippen molar-refractivity contribution in [3.8, 4) is 11.8 Å². The first-order valence-electron chi connectivity index (χ1n) is 5.36. The molecule has 0 aliphatic heterocycles. The van der Waals surface area contributed by atoms with Gasteiger partial charge in [-0.3, -0.25) is 0 Å². The molecule has 0 N–H and O–H groups in total. The van der Waals surface area contributed by atoms with Crippen molar-refractivity contribution >= 4 is 0 Å². The molecule has 0 saturated heterocycles. The molecule has 2 nitrogen and oxygen atoms in total. The van der Waals surface area contributed by atoms with Crippen LogP contribution in [0.4, 0.5) is 0 Å². The van der Waals surface area contributed by atoms with E-state index in [-0.39, 0.29) is 5.41 Å². The van der Waals surface area contributed by atoms with Crippen LogP contribution in [0.25, 0.3) is 0 Å². The van der Waals surface area contributed by atoms with Crippen LogP contribution in [0.5, 0.6) is 5.75 Å². The predicted molar refractivity (Wildman–Crippen MR) is 58.8 cm³/mol. The summed E-state index contributed by atoms with van der Waals surface area (Å²) in [5, 5.41) is 9.34. The van der Waals surface area contributed by atoms with Crippen molar-refractivity contribution in [3.63, 3.8) is 0 Å². The summed E-state index contributed by atoms with van der Waals surface area (Å²) in [5.41, 5.74) is 0.857. The van der Waals surface area contributed by atoms with Gasteiger partial charge in [0.1, 0.15) is 5.75 Å². The standard InChI is InChI=1S/C13H15NO/c1-15-12-6-4-5-11(9-12)13(10-14)7-2-3-8-13/h4-6,9H,2-3,7-8H2,1H3. The summed E-state index contributed by atoms with van der Waals surface area (Å²) in [6, 6.07) is 10.4. The summed E-state index contributed by atoms with van der Waals surface area (Å²) in [5.74, 6) is 0.842. The first-order chi connectivity index (χ1) is 7.30. The second-order valence-corrected chi connectivity index (χ2v) is 4.13. The van der Waals surface area contributed by atoms with E-state index in [1.54, 1.807) is 7.11 Å². The van der Waals surface area contributed by atoms with Crippen molar-refractivity contribution in [1.29, 1.82) is 5.26 Å². The number of benzene rings is 1. The van der Waals surface area contributed by atoms with Gasteiger partial charge in [0.15, 0.2) is 0 Å². The molecule has 1 saturated carbocycles. The number of nitrogens with zero attached hydrogens (tertiary/aromatic N) is 1. The van der Waals surface area contributed by atoms with Gasteiger partial charge < -0.3 is 4.74 Å². The number of methoxy groups -OCH3 is 1. The van der Waals surface area contributed by atoms with Crippen molar-refractivity contribution in [1.82, 2.24) is 0 Å². The summed E-state index contributed by atoms with van der Waals surface area (Å²) in [6.07, 6.45) is 4.28. The highest BCUT2D eigenvalue weighted by atomic mass is 16.5. The molecule has 0 unspecified atom stereocenters. The fraction of sp³-hybridized carbons (Fsp3) is 0.462. The summed E-state index contributed by atoms with van der Waals surface area (Å²) >= 11 is 0. The van der Waals surface area contributed by atoms with Crippen molar-refractivity contribution in [2.45, 2.75) is 31.1 Å². The van der Waals surface area contributed by atoms with Gasteiger partial charge in [-0.1, -0.05) is 25.0 Å². The topological polar surface area (TPSA) is 33.0 Å². The van der Waals surface area contributed by atoms with Crippen LogP contribution < -0.4 is 4.74 Å². The quantitative estimate of drug-likeness (QED) is 0.736. The minimum atomic E-state index is -0.255. The molecule has 1 fully saturated rings. The Morgan fingerprint density at radius 2 is 2.07 bits per heavy atom. The smallest absolute Gasteiger partial charge is 0.119 e. The zero-order chi connectivity index (χ0) is 10.7. The van der Waals surface area contributed by atoms with Gasteiger partial charge in [-0.25, -0.2) is 0 Å². The lowest BCUT2D eigenvalue weighted by molar-refractivity contribution is 0.412. The lowest BCUT2D eigenvalue weighted by atomic mass is 9.80. The molecule has 78 valence electrons. The molecular formula is C13H15NO. The third kappa shape index (κ3) is 1.70. The lowest BCUT2D eigenvalue weighted by Crippen LogP contribution is -2.19. The van der Waals surface area contributed by atoms with E-state index in [1.165, 1.54) is 0 Å². The van der Waals surface area contributed by atoms with Crippen molar-refractivity contribution < 1.29 is 4.74 Å². The van der Waals surface area contributed by atoms with E-state index in [9.17, 15) is 5.26 Å². The Bertz CT molecular complexity index is 386. The number of ether oxygens (including phenoxy) is 1. The van der Waals surface area contributed by atoms with E-state index < -0.39 is 0 Å². The van der Waals surface area contributed by atoms with E-state index in [4.69, 9.17) is 4.74 Å². The Kier molecular flexibility index (Phi) is 2.64. The van der Waals surface area contributed by atoms with Crippen LogP contribution in [0.15, 0.2) is 24.3 Å². The van der Waals surface area contributed by atoms with Gasteiger partial charge in [-0.05, 0) is 30.5 Å². The molecule has 1 aromatic carbocycles. The van der Waals surface area contributed by atoms with E-state index in [1.807, 2.05) is 24.3 Å². The molecule has 0 heterocycles. The Hall–Kier alpha value is -1.49. The van der Waals surface area contributed by atoms with Crippen LogP contribution in [0, 0.1) is 11.3 Å². The molecule has 0 aromatic heterocycles. The fourth-order valence-corrected chi connectivity index (χ4v) is 2.36. The van der Waals surface area contributed by atoms with Crippen molar-refractivity contribution in [3.05, 3.63) is 29.8 Å². The number of nitriles is 1. The fourth-order valence-electron chi connectivity index (χ4n) is 2.36. The Morgan fingerprint density at radius 3 is 2.67 bits per heavy atom. The molecule has 1 aliphatic carbocycles. The van der Waals surface area contributed by atoms with E-state index in [0.717, 1.165) is 37.0 Å². The molecule has 2 rings (SSSR count). The van der Waals surface area contributed by atoms with Crippen LogP contribution >= 0.6 is 0 Å². The lowest BCUT2D eigenvalue weighted by Gasteiger charge is -2.21. The summed E-state index contributed by atoms with van der Waals surface area (Å²) in [6.45, 7) is 0. The summed E-state index contributed by atoms with van der Waals surface area (Å²) < 4.78 is 5.19. The van der Waals surface area contributed by atoms with E-state index in [0.29, 0.717) is 0 Å². The number of hydrogen-bond acceptors (Lipinski definition) is 2. The van der Waals surface area contributed by atoms with Crippen molar-refractivity contribution in [2.75, 3.05) is 7.11 Å². The van der Waals surface area contributed by atoms with Gasteiger partial charge in [0.2, 0.25) is 0 Å². The van der Waals surface area contributed by atoms with Gasteiger partial charge in [-0.15, -0.1) is 0 Å². The van der Waals surface area contributed by atoms with Gasteiger partial charge in [0, 0.05) is 0 Å². The highest BCUT2D eigenvalue weighted by Crippen LogP contribution is 2.41. The minimum absolute atomic E-state index is 0.255. The molecule has 15 heavy (non-hydrogen) atoms. The van der Waals surface area contributed by atoms with Gasteiger partial charge in [0.25, 0.3) is 0 Å². The Morgan fingerprint density at radius 1 is 1.33 bits per heavy atom. The maximum atomic E-state index is 9.34. The van der Waals surface area contributed by atoms with E-state index in [2.05, 4.69) is 6.07 Å². The van der Waals surface area contributed by atoms with Crippen LogP contribution in [-0.2, 0) is 5.41 Å². The zero-order valence-corrected chi connectivity index (χ0v) is 8.99. The molecule has 1 aromatic rings. The zero-order valence-electron chi connectivity index (χ0n) is 8.99. The Balaban J connectivity index is 2.39. The molecule has 0 bridgehead atoms. The minimum Gasteiger partial charge on any atom is -0.497 e. The van der Waals surface area contributed by atoms with Crippen LogP contribution in [0.1, 0.15) is 31.2 Å². The van der Waals surface area contributed by atoms with Crippen molar-refractivity contribution in [2.24, 2.45) is 0 Å². The molecule has 0 spiro atoms. The van der Waals surface area contributed by atoms with Gasteiger partial charge in [-0.2, -0.15) is 5.26 Å². The monoisotopic (exact) mass is 201 g/mol. The third-order valence-corrected chi connectivity index (χ3v) is 3.29. The first kappa shape index (κ1) is 10.0. The normalized spacial score (nSPS) is 18.4. The molecule has 2 heteroatoms. The average molecular weight is 201 g/mol. The SMILES string of the molecule is COc1cccc(C2(C#N)CCCC2)c1. The molecular weight excluding hydrogens is 186 g/mol. The van der Waals surface area contributed by atoms with E-state index >= 15 is 0 Å². The summed E-state index contributed by atoms with van der Waals surface area (Å²) in [7, 11) is 1.66. The second-order valence-electron chi connectivity index (χ2n) is 4.13. The van der Waals surface area contributed by atoms with Crippen LogP contribution in [-0.4, -0.2) is 7.11 Å². The molecule has 0 atom stereocenters. The molecule has 0 radical (unpaired) electrons. The number of rotatable bonds is 2. The van der Waals surface area contributed by atoms with Gasteiger partial charge in [0.05, 0.1) is 18.6 Å². The largest absolute Gasteiger partial charge is 0.497 e. The average Bonchev–Trinajstić information content (AvgIpc) is 2.79. The maximum absolute atomic E-state index is 9.34. The highest BCUT2D eigenvalue weighted by Gasteiger charge is 2.35. The van der Waals surface area contributed by atoms with Crippen LogP contribution in [0.3, 0.4) is 0 Å². The molecule has 1 aliphatic rings. The second kappa shape index (κ2) is 3.94. The highest BCUT2D eigenvalue weighted by molar-refractivity contribution is 5.38. The first-order valence-corrected chi connectivity index (χ1v) is 5.36. The summed E-state index contributed by atoms with van der Waals surface area (Å²) in [4.78, 5) is 0. The third-order valence-electron chi connectivity index (χ3n) is 3.29.